The van der Waals surface area contributed by atoms with Gasteiger partial charge in [-0.1, -0.05) is 96.9 Å². The summed E-state index contributed by atoms with van der Waals surface area (Å²) in [5.41, 5.74) is 0.680. The Kier molecular flexibility index (Phi) is 3.49. The van der Waals surface area contributed by atoms with Gasteiger partial charge in [-0.15, -0.1) is 11.3 Å². The van der Waals surface area contributed by atoms with Crippen molar-refractivity contribution < 1.29 is 18.1 Å². The van der Waals surface area contributed by atoms with Crippen LogP contribution in [-0.4, -0.2) is 19.5 Å². The van der Waals surface area contributed by atoms with Crippen LogP contribution in [0.3, 0.4) is 0 Å². The molecule has 4 heterocycles. The van der Waals surface area contributed by atoms with Crippen molar-refractivity contribution in [1.29, 1.82) is 0 Å². The smallest absolute Gasteiger partial charge is 0.238 e. The molecule has 0 spiro atoms. The summed E-state index contributed by atoms with van der Waals surface area (Å²) >= 11 is 1.63. The van der Waals surface area contributed by atoms with Crippen molar-refractivity contribution in [3.8, 4) is 28.7 Å². The predicted molar refractivity (Wildman–Crippen MR) is 185 cm³/mol. The molecule has 6 heteroatoms. The fourth-order valence-corrected chi connectivity index (χ4v) is 7.02. The lowest BCUT2D eigenvalue weighted by Crippen LogP contribution is -2.06. The normalized spacial score (nSPS) is 15.1. The van der Waals surface area contributed by atoms with Crippen LogP contribution < -0.4 is 0 Å². The lowest BCUT2D eigenvalue weighted by molar-refractivity contribution is 0.669. The van der Waals surface area contributed by atoms with Crippen LogP contribution in [0, 0.1) is 0 Å². The number of furan rings is 1. The Labute approximate surface area is 274 Å². The molecule has 6 aromatic carbocycles. The van der Waals surface area contributed by atoms with Crippen LogP contribution in [0.25, 0.3) is 92.6 Å². The fraction of sp³-hybridized carbons (Fsp3) is 0. The van der Waals surface area contributed by atoms with E-state index in [1.165, 1.54) is 4.57 Å². The molecule has 10 aromatic rings. The molecular formula is C39H22N4OS. The molecule has 0 fully saturated rings. The number of thiophene rings is 1. The van der Waals surface area contributed by atoms with Crippen molar-refractivity contribution in [3.63, 3.8) is 0 Å². The quantitative estimate of drug-likeness (QED) is 0.201. The minimum atomic E-state index is -0.556. The molecule has 0 N–H and O–H groups in total. The molecule has 0 saturated carbocycles. The van der Waals surface area contributed by atoms with Gasteiger partial charge in [0.25, 0.3) is 0 Å². The van der Waals surface area contributed by atoms with Gasteiger partial charge in [0.15, 0.2) is 11.6 Å². The van der Waals surface area contributed by atoms with E-state index in [2.05, 4.69) is 12.1 Å². The van der Waals surface area contributed by atoms with E-state index >= 15 is 0 Å². The summed E-state index contributed by atoms with van der Waals surface area (Å²) in [4.78, 5) is 14.6. The molecule has 45 heavy (non-hydrogen) atoms. The SMILES string of the molecule is [2H]c1c([2H])c([2H])c2c(oc3c([2H])c4c(c([2H])c32)c2c([2H])c([2H])c([2H])c([2H])c2n4-c2nc(-c3ccccc3)nc(-c3ccc4c(c3)sc3ccccc34)n2)c1[2H]. The predicted octanol–water partition coefficient (Wildman–Crippen LogP) is 10.6. The number of rotatable bonds is 3. The maximum absolute atomic E-state index is 9.56. The summed E-state index contributed by atoms with van der Waals surface area (Å²) in [6.45, 7) is 0. The first-order chi connectivity index (χ1) is 26.5. The molecule has 0 bridgehead atoms. The number of benzene rings is 6. The third kappa shape index (κ3) is 3.70. The number of hydrogen-bond donors (Lipinski definition) is 0. The zero-order chi connectivity index (χ0) is 38.2. The Morgan fingerprint density at radius 1 is 0.556 bits per heavy atom. The Hall–Kier alpha value is -5.85. The van der Waals surface area contributed by atoms with E-state index in [1.807, 2.05) is 60.7 Å². The minimum Gasteiger partial charge on any atom is -0.456 e. The summed E-state index contributed by atoms with van der Waals surface area (Å²) in [6.07, 6.45) is 0. The summed E-state index contributed by atoms with van der Waals surface area (Å²) in [7, 11) is 0. The van der Waals surface area contributed by atoms with E-state index in [4.69, 9.17) is 30.3 Å². The van der Waals surface area contributed by atoms with Crippen molar-refractivity contribution in [2.24, 2.45) is 0 Å². The fourth-order valence-electron chi connectivity index (χ4n) is 5.87. The maximum Gasteiger partial charge on any atom is 0.238 e. The largest absolute Gasteiger partial charge is 0.456 e. The molecule has 0 aliphatic heterocycles. The summed E-state index contributed by atoms with van der Waals surface area (Å²) < 4.78 is 97.7. The molecule has 0 radical (unpaired) electrons. The molecule has 210 valence electrons. The number of para-hydroxylation sites is 2. The molecule has 4 aromatic heterocycles. The molecular weight excluding hydrogens is 573 g/mol. The molecule has 10 rings (SSSR count). The highest BCUT2D eigenvalue weighted by atomic mass is 32.1. The first kappa shape index (κ1) is 16.9. The second-order valence-corrected chi connectivity index (χ2v) is 11.6. The lowest BCUT2D eigenvalue weighted by Gasteiger charge is -2.11. The Morgan fingerprint density at radius 2 is 1.31 bits per heavy atom. The van der Waals surface area contributed by atoms with Crippen molar-refractivity contribution >= 4 is 75.3 Å². The van der Waals surface area contributed by atoms with Crippen LogP contribution in [-0.2, 0) is 0 Å². The first-order valence-electron chi connectivity index (χ1n) is 19.1. The van der Waals surface area contributed by atoms with E-state index in [9.17, 15) is 2.74 Å². The molecule has 0 atom stereocenters. The zero-order valence-corrected chi connectivity index (χ0v) is 23.9. The summed E-state index contributed by atoms with van der Waals surface area (Å²) in [5.74, 6) is 0.419. The Morgan fingerprint density at radius 3 is 2.22 bits per heavy atom. The molecule has 0 aliphatic carbocycles. The summed E-state index contributed by atoms with van der Waals surface area (Å²) in [5, 5.41) is 1.88. The highest BCUT2D eigenvalue weighted by molar-refractivity contribution is 7.25. The van der Waals surface area contributed by atoms with Gasteiger partial charge in [0.2, 0.25) is 5.95 Å². The topological polar surface area (TPSA) is 56.7 Å². The molecule has 5 nitrogen and oxygen atoms in total. The number of hydrogen-bond acceptors (Lipinski definition) is 5. The summed E-state index contributed by atoms with van der Waals surface area (Å²) in [6, 6.07) is 18.4. The molecule has 0 unspecified atom stereocenters. The molecule has 0 aliphatic rings. The Balaban J connectivity index is 1.37. The van der Waals surface area contributed by atoms with Crippen LogP contribution in [0.15, 0.2) is 138 Å². The van der Waals surface area contributed by atoms with E-state index < -0.39 is 48.3 Å². The van der Waals surface area contributed by atoms with Crippen LogP contribution in [0.1, 0.15) is 13.7 Å². The molecule has 0 saturated heterocycles. The van der Waals surface area contributed by atoms with Gasteiger partial charge in [0, 0.05) is 58.9 Å². The van der Waals surface area contributed by atoms with Gasteiger partial charge in [0.05, 0.1) is 24.7 Å². The first-order valence-corrected chi connectivity index (χ1v) is 14.9. The van der Waals surface area contributed by atoms with Crippen molar-refractivity contribution in [2.45, 2.75) is 0 Å². The third-order valence-corrected chi connectivity index (χ3v) is 9.04. The highest BCUT2D eigenvalue weighted by Crippen LogP contribution is 2.39. The van der Waals surface area contributed by atoms with Crippen molar-refractivity contribution in [1.82, 2.24) is 19.5 Å². The van der Waals surface area contributed by atoms with Crippen molar-refractivity contribution in [3.05, 3.63) is 133 Å². The van der Waals surface area contributed by atoms with E-state index in [0.29, 0.717) is 11.1 Å². The van der Waals surface area contributed by atoms with Gasteiger partial charge < -0.3 is 4.42 Å². The van der Waals surface area contributed by atoms with Crippen LogP contribution in [0.5, 0.6) is 0 Å². The average Bonchev–Trinajstić information content (AvgIpc) is 3.91. The van der Waals surface area contributed by atoms with E-state index in [-0.39, 0.29) is 73.4 Å². The zero-order valence-electron chi connectivity index (χ0n) is 33.0. The maximum atomic E-state index is 9.56. The van der Waals surface area contributed by atoms with Crippen LogP contribution in [0.2, 0.25) is 0 Å². The van der Waals surface area contributed by atoms with Crippen LogP contribution in [0.4, 0.5) is 0 Å². The van der Waals surface area contributed by atoms with Gasteiger partial charge in [-0.3, -0.25) is 4.57 Å². The average molecular weight is 605 g/mol. The molecule has 0 amide bonds. The van der Waals surface area contributed by atoms with Gasteiger partial charge >= 0.3 is 0 Å². The third-order valence-electron chi connectivity index (χ3n) is 7.91. The lowest BCUT2D eigenvalue weighted by atomic mass is 10.1. The van der Waals surface area contributed by atoms with Crippen LogP contribution >= 0.6 is 11.3 Å². The Bertz CT molecular complexity index is 3340. The van der Waals surface area contributed by atoms with Gasteiger partial charge in [0.1, 0.15) is 11.2 Å². The minimum absolute atomic E-state index is 0.0514. The number of aromatic nitrogens is 4. The van der Waals surface area contributed by atoms with E-state index in [1.54, 1.807) is 11.3 Å². The van der Waals surface area contributed by atoms with Crippen molar-refractivity contribution in [2.75, 3.05) is 0 Å². The second kappa shape index (κ2) is 9.32. The van der Waals surface area contributed by atoms with Gasteiger partial charge in [-0.25, -0.2) is 4.98 Å². The number of fused-ring (bicyclic) bond motifs is 9. The van der Waals surface area contributed by atoms with E-state index in [0.717, 1.165) is 20.2 Å². The highest BCUT2D eigenvalue weighted by Gasteiger charge is 2.20. The van der Waals surface area contributed by atoms with Gasteiger partial charge in [-0.2, -0.15) is 9.97 Å². The standard InChI is InChI=1S/C39H22N4OS/c1-2-10-23(11-3-1)37-40-38(24-18-19-28-27-14-6-9-17-35(27)45-36(28)20-24)42-39(41-37)43-31-15-7-4-12-25(31)29-21-30-26-13-5-8-16-33(26)44-34(30)22-32(29)43/h1-22H/i4D,5D,7D,8D,12D,13D,15D,16D,21D,22D. The van der Waals surface area contributed by atoms with Gasteiger partial charge in [-0.05, 0) is 30.3 Å². The monoisotopic (exact) mass is 604 g/mol. The second-order valence-electron chi connectivity index (χ2n) is 10.5. The number of nitrogens with zero attached hydrogens (tertiary/aromatic N) is 4.